The Kier molecular flexibility index (Phi) is 6.52. The number of fused-ring (bicyclic) bond motifs is 2. The third-order valence-electron chi connectivity index (χ3n) is 7.62. The van der Waals surface area contributed by atoms with Crippen molar-refractivity contribution in [3.63, 3.8) is 0 Å². The van der Waals surface area contributed by atoms with Gasteiger partial charge in [0.2, 0.25) is 11.7 Å². The summed E-state index contributed by atoms with van der Waals surface area (Å²) in [6.45, 7) is 4.94. The molecular weight excluding hydrogens is 497 g/mol. The molecule has 39 heavy (non-hydrogen) atoms. The molecule has 2 aromatic heterocycles. The van der Waals surface area contributed by atoms with Crippen molar-refractivity contribution in [2.45, 2.75) is 24.6 Å². The number of hydrogen-bond donors (Lipinski definition) is 1. The van der Waals surface area contributed by atoms with E-state index >= 15 is 4.39 Å². The molecule has 2 aromatic carbocycles. The Morgan fingerprint density at radius 1 is 1.23 bits per heavy atom. The van der Waals surface area contributed by atoms with Gasteiger partial charge < -0.3 is 19.7 Å². The van der Waals surface area contributed by atoms with Gasteiger partial charge in [-0.2, -0.15) is 0 Å². The average Bonchev–Trinajstić information content (AvgIpc) is 3.57. The van der Waals surface area contributed by atoms with Gasteiger partial charge in [0.15, 0.2) is 5.75 Å². The Morgan fingerprint density at radius 3 is 2.77 bits per heavy atom. The molecule has 0 spiro atoms. The van der Waals surface area contributed by atoms with Gasteiger partial charge in [-0.05, 0) is 12.1 Å². The summed E-state index contributed by atoms with van der Waals surface area (Å²) in [6.07, 6.45) is 5.42. The highest BCUT2D eigenvalue weighted by molar-refractivity contribution is 5.87. The molecule has 4 aromatic rings. The second-order valence-electron chi connectivity index (χ2n) is 10.0. The van der Waals surface area contributed by atoms with E-state index in [1.807, 2.05) is 59.1 Å². The Hall–Kier alpha value is -4.24. The van der Waals surface area contributed by atoms with Crippen LogP contribution in [0.4, 0.5) is 4.39 Å². The van der Waals surface area contributed by atoms with Crippen LogP contribution in [0.3, 0.4) is 0 Å². The first-order valence-electron chi connectivity index (χ1n) is 13.1. The average molecular weight is 528 g/mol. The number of imidazole rings is 1. The molecule has 2 aliphatic rings. The Bertz CT molecular complexity index is 1530. The molecule has 0 aliphatic carbocycles. The number of piperidine rings is 1. The molecule has 1 amide bonds. The Balaban J connectivity index is 1.25. The number of aromatic nitrogens is 3. The maximum Gasteiger partial charge on any atom is 0.245 e. The number of nitrogens with one attached hydrogen (secondary N) is 1. The fourth-order valence-corrected chi connectivity index (χ4v) is 5.36. The SMILES string of the molecule is C=CC(=O)N1CCC(F)(CN[C@H]2COc3cc(-c4nc5ncc(OC)cn5c4-c4ccccc4)ccc32)CC1. The monoisotopic (exact) mass is 527 g/mol. The number of likely N-dealkylation sites (tertiary alicyclic amines) is 1. The van der Waals surface area contributed by atoms with E-state index in [-0.39, 0.29) is 18.5 Å². The Labute approximate surface area is 226 Å². The number of hydrogen-bond acceptors (Lipinski definition) is 6. The van der Waals surface area contributed by atoms with E-state index in [0.29, 0.717) is 44.1 Å². The van der Waals surface area contributed by atoms with Gasteiger partial charge in [-0.1, -0.05) is 49.0 Å². The third kappa shape index (κ3) is 4.74. The van der Waals surface area contributed by atoms with Gasteiger partial charge in [0.1, 0.15) is 18.0 Å². The highest BCUT2D eigenvalue weighted by Gasteiger charge is 2.37. The molecule has 0 saturated carbocycles. The lowest BCUT2D eigenvalue weighted by Gasteiger charge is -2.36. The van der Waals surface area contributed by atoms with Crippen molar-refractivity contribution >= 4 is 11.7 Å². The van der Waals surface area contributed by atoms with Crippen molar-refractivity contribution in [3.05, 3.63) is 79.1 Å². The molecular formula is C30H30FN5O3. The van der Waals surface area contributed by atoms with E-state index in [1.54, 1.807) is 18.2 Å². The summed E-state index contributed by atoms with van der Waals surface area (Å²) in [7, 11) is 1.61. The minimum absolute atomic E-state index is 0.116. The van der Waals surface area contributed by atoms with Crippen molar-refractivity contribution in [2.24, 2.45) is 0 Å². The number of ether oxygens (including phenoxy) is 2. The summed E-state index contributed by atoms with van der Waals surface area (Å²) < 4.78 is 28.9. The largest absolute Gasteiger partial charge is 0.494 e. The number of nitrogens with zero attached hydrogens (tertiary/aromatic N) is 4. The van der Waals surface area contributed by atoms with E-state index in [9.17, 15) is 4.79 Å². The zero-order chi connectivity index (χ0) is 27.0. The zero-order valence-electron chi connectivity index (χ0n) is 21.8. The minimum atomic E-state index is -1.37. The summed E-state index contributed by atoms with van der Waals surface area (Å²) in [5, 5.41) is 3.37. The number of alkyl halides is 1. The molecule has 200 valence electrons. The smallest absolute Gasteiger partial charge is 0.245 e. The second kappa shape index (κ2) is 10.1. The van der Waals surface area contributed by atoms with Gasteiger partial charge in [-0.15, -0.1) is 0 Å². The summed E-state index contributed by atoms with van der Waals surface area (Å²) in [4.78, 5) is 22.8. The van der Waals surface area contributed by atoms with Gasteiger partial charge in [0.25, 0.3) is 0 Å². The molecule has 0 bridgehead atoms. The number of carbonyl (C=O) groups excluding carboxylic acids is 1. The van der Waals surface area contributed by atoms with Crippen LogP contribution in [0.2, 0.25) is 0 Å². The topological polar surface area (TPSA) is 81.0 Å². The lowest BCUT2D eigenvalue weighted by molar-refractivity contribution is -0.128. The van der Waals surface area contributed by atoms with Crippen molar-refractivity contribution in [1.82, 2.24) is 24.6 Å². The van der Waals surface area contributed by atoms with Gasteiger partial charge in [0.05, 0.1) is 36.9 Å². The lowest BCUT2D eigenvalue weighted by Crippen LogP contribution is -2.49. The predicted octanol–water partition coefficient (Wildman–Crippen LogP) is 4.61. The molecule has 4 heterocycles. The third-order valence-corrected chi connectivity index (χ3v) is 7.62. The van der Waals surface area contributed by atoms with Crippen LogP contribution in [-0.4, -0.2) is 64.2 Å². The molecule has 9 heteroatoms. The maximum absolute atomic E-state index is 15.5. The first kappa shape index (κ1) is 25.1. The highest BCUT2D eigenvalue weighted by atomic mass is 19.1. The number of amides is 1. The molecule has 2 aliphatic heterocycles. The van der Waals surface area contributed by atoms with Crippen LogP contribution in [0.15, 0.2) is 73.6 Å². The van der Waals surface area contributed by atoms with E-state index in [1.165, 1.54) is 6.08 Å². The maximum atomic E-state index is 15.5. The van der Waals surface area contributed by atoms with E-state index in [4.69, 9.17) is 14.5 Å². The molecule has 1 fully saturated rings. The van der Waals surface area contributed by atoms with Gasteiger partial charge in [-0.3, -0.25) is 9.20 Å². The van der Waals surface area contributed by atoms with E-state index in [2.05, 4.69) is 16.9 Å². The quantitative estimate of drug-likeness (QED) is 0.354. The van der Waals surface area contributed by atoms with Crippen LogP contribution in [0, 0.1) is 0 Å². The van der Waals surface area contributed by atoms with Crippen molar-refractivity contribution < 1.29 is 18.7 Å². The minimum Gasteiger partial charge on any atom is -0.494 e. The van der Waals surface area contributed by atoms with E-state index < -0.39 is 5.67 Å². The summed E-state index contributed by atoms with van der Waals surface area (Å²) in [5.74, 6) is 1.82. The molecule has 8 nitrogen and oxygen atoms in total. The fourth-order valence-electron chi connectivity index (χ4n) is 5.36. The second-order valence-corrected chi connectivity index (χ2v) is 10.0. The number of halogens is 1. The van der Waals surface area contributed by atoms with Crippen LogP contribution in [0.5, 0.6) is 11.5 Å². The number of carbonyl (C=O) groups is 1. The molecule has 1 atom stereocenters. The molecule has 0 unspecified atom stereocenters. The number of methoxy groups -OCH3 is 1. The van der Waals surface area contributed by atoms with Crippen molar-refractivity contribution in [1.29, 1.82) is 0 Å². The van der Waals surface area contributed by atoms with Crippen LogP contribution in [0.25, 0.3) is 28.3 Å². The van der Waals surface area contributed by atoms with Crippen LogP contribution < -0.4 is 14.8 Å². The standard InChI is InChI=1S/C30H30FN5O3/c1-3-26(37)35-13-11-30(31,12-14-35)19-33-24-18-39-25-15-21(9-10-23(24)25)27-28(20-7-5-4-6-8-20)36-17-22(38-2)16-32-29(36)34-27/h3-10,15-17,24,33H,1,11-14,18-19H2,2H3/t24-/m0/s1. The normalized spacial score (nSPS) is 18.0. The molecule has 1 N–H and O–H groups in total. The summed E-state index contributed by atoms with van der Waals surface area (Å²) >= 11 is 0. The van der Waals surface area contributed by atoms with Crippen LogP contribution >= 0.6 is 0 Å². The molecule has 1 saturated heterocycles. The van der Waals surface area contributed by atoms with Gasteiger partial charge >= 0.3 is 0 Å². The van der Waals surface area contributed by atoms with Crippen LogP contribution in [-0.2, 0) is 4.79 Å². The highest BCUT2D eigenvalue weighted by Crippen LogP contribution is 2.39. The first-order chi connectivity index (χ1) is 19.0. The van der Waals surface area contributed by atoms with Gasteiger partial charge in [-0.25, -0.2) is 14.4 Å². The predicted molar refractivity (Wildman–Crippen MR) is 146 cm³/mol. The summed E-state index contributed by atoms with van der Waals surface area (Å²) in [6, 6.07) is 16.0. The van der Waals surface area contributed by atoms with Gasteiger partial charge in [0, 0.05) is 49.2 Å². The zero-order valence-corrected chi connectivity index (χ0v) is 21.8. The van der Waals surface area contributed by atoms with Crippen molar-refractivity contribution in [3.8, 4) is 34.0 Å². The summed E-state index contributed by atoms with van der Waals surface area (Å²) in [5.41, 5.74) is 3.23. The number of benzene rings is 2. The molecule has 0 radical (unpaired) electrons. The van der Waals surface area contributed by atoms with E-state index in [0.717, 1.165) is 33.8 Å². The first-order valence-corrected chi connectivity index (χ1v) is 13.1. The fraction of sp³-hybridized carbons (Fsp3) is 0.300. The number of rotatable bonds is 7. The Morgan fingerprint density at radius 2 is 2.03 bits per heavy atom. The van der Waals surface area contributed by atoms with Crippen LogP contribution in [0.1, 0.15) is 24.4 Å². The van der Waals surface area contributed by atoms with Crippen molar-refractivity contribution in [2.75, 3.05) is 33.4 Å². The lowest BCUT2D eigenvalue weighted by atomic mass is 9.92. The molecule has 6 rings (SSSR count).